The predicted molar refractivity (Wildman–Crippen MR) is 72.3 cm³/mol. The SMILES string of the molecule is CC(C)[Si](OCCCC=O)(C(C)C)C(C)C. The Labute approximate surface area is 102 Å². The van der Waals surface area contributed by atoms with E-state index in [4.69, 9.17) is 4.43 Å². The van der Waals surface area contributed by atoms with Crippen molar-refractivity contribution in [1.29, 1.82) is 0 Å². The van der Waals surface area contributed by atoms with Crippen molar-refractivity contribution in [3.63, 3.8) is 0 Å². The second-order valence-corrected chi connectivity index (χ2v) is 10.9. The normalized spacial score (nSPS) is 12.8. The van der Waals surface area contributed by atoms with Gasteiger partial charge in [-0.25, -0.2) is 0 Å². The molecule has 96 valence electrons. The molecule has 0 bridgehead atoms. The Morgan fingerprint density at radius 3 is 1.75 bits per heavy atom. The molecule has 0 aromatic heterocycles. The summed E-state index contributed by atoms with van der Waals surface area (Å²) in [5.74, 6) is 0. The van der Waals surface area contributed by atoms with E-state index in [1.54, 1.807) is 0 Å². The molecule has 0 saturated heterocycles. The van der Waals surface area contributed by atoms with Gasteiger partial charge in [0.25, 0.3) is 0 Å². The Kier molecular flexibility index (Phi) is 7.16. The van der Waals surface area contributed by atoms with E-state index < -0.39 is 8.32 Å². The zero-order valence-electron chi connectivity index (χ0n) is 11.7. The van der Waals surface area contributed by atoms with Gasteiger partial charge < -0.3 is 9.22 Å². The predicted octanol–water partition coefficient (Wildman–Crippen LogP) is 4.16. The second-order valence-electron chi connectivity index (χ2n) is 5.48. The fourth-order valence-electron chi connectivity index (χ4n) is 2.92. The lowest BCUT2D eigenvalue weighted by atomic mass is 10.4. The van der Waals surface area contributed by atoms with Gasteiger partial charge >= 0.3 is 0 Å². The molecule has 2 nitrogen and oxygen atoms in total. The summed E-state index contributed by atoms with van der Waals surface area (Å²) in [7, 11) is -1.69. The highest BCUT2D eigenvalue weighted by Gasteiger charge is 2.44. The summed E-state index contributed by atoms with van der Waals surface area (Å²) in [5, 5.41) is 0. The van der Waals surface area contributed by atoms with E-state index in [-0.39, 0.29) is 0 Å². The van der Waals surface area contributed by atoms with Crippen LogP contribution in [0.2, 0.25) is 16.6 Å². The van der Waals surface area contributed by atoms with E-state index >= 15 is 0 Å². The van der Waals surface area contributed by atoms with Crippen molar-refractivity contribution in [1.82, 2.24) is 0 Å². The van der Waals surface area contributed by atoms with Gasteiger partial charge in [0.1, 0.15) is 6.29 Å². The van der Waals surface area contributed by atoms with Crippen LogP contribution in [0.15, 0.2) is 0 Å². The van der Waals surface area contributed by atoms with Crippen molar-refractivity contribution in [3.05, 3.63) is 0 Å². The third-order valence-corrected chi connectivity index (χ3v) is 9.64. The van der Waals surface area contributed by atoms with Crippen LogP contribution in [0.1, 0.15) is 54.4 Å². The number of carbonyl (C=O) groups excluding carboxylic acids is 1. The molecule has 0 fully saturated rings. The molecule has 3 heteroatoms. The molecule has 0 heterocycles. The third kappa shape index (κ3) is 3.70. The average molecular weight is 244 g/mol. The lowest BCUT2D eigenvalue weighted by Crippen LogP contribution is -2.47. The number of aldehydes is 1. The lowest BCUT2D eigenvalue weighted by molar-refractivity contribution is -0.108. The summed E-state index contributed by atoms with van der Waals surface area (Å²) in [5.41, 5.74) is 1.89. The highest BCUT2D eigenvalue weighted by molar-refractivity contribution is 6.77. The van der Waals surface area contributed by atoms with E-state index in [1.807, 2.05) is 0 Å². The van der Waals surface area contributed by atoms with Crippen LogP contribution in [-0.2, 0) is 9.22 Å². The van der Waals surface area contributed by atoms with Gasteiger partial charge in [-0.3, -0.25) is 0 Å². The molecule has 0 amide bonds. The van der Waals surface area contributed by atoms with Crippen LogP contribution in [0.25, 0.3) is 0 Å². The van der Waals surface area contributed by atoms with Crippen LogP contribution in [-0.4, -0.2) is 21.2 Å². The zero-order chi connectivity index (χ0) is 12.8. The first-order valence-electron chi connectivity index (χ1n) is 6.47. The minimum atomic E-state index is -1.69. The van der Waals surface area contributed by atoms with Crippen molar-refractivity contribution >= 4 is 14.6 Å². The number of hydrogen-bond donors (Lipinski definition) is 0. The summed E-state index contributed by atoms with van der Waals surface area (Å²) in [6.07, 6.45) is 2.47. The van der Waals surface area contributed by atoms with Gasteiger partial charge in [-0.1, -0.05) is 41.5 Å². The van der Waals surface area contributed by atoms with Gasteiger partial charge in [-0.15, -0.1) is 0 Å². The molecule has 0 N–H and O–H groups in total. The highest BCUT2D eigenvalue weighted by atomic mass is 28.4. The van der Waals surface area contributed by atoms with E-state index in [1.165, 1.54) is 0 Å². The summed E-state index contributed by atoms with van der Waals surface area (Å²) < 4.78 is 6.30. The van der Waals surface area contributed by atoms with Crippen LogP contribution in [0, 0.1) is 0 Å². The minimum absolute atomic E-state index is 0.624. The largest absolute Gasteiger partial charge is 0.416 e. The molecule has 16 heavy (non-hydrogen) atoms. The first-order valence-corrected chi connectivity index (χ1v) is 8.61. The van der Waals surface area contributed by atoms with Crippen molar-refractivity contribution in [2.24, 2.45) is 0 Å². The molecule has 0 unspecified atom stereocenters. The van der Waals surface area contributed by atoms with E-state index in [9.17, 15) is 4.79 Å². The van der Waals surface area contributed by atoms with Crippen molar-refractivity contribution < 1.29 is 9.22 Å². The number of rotatable bonds is 8. The monoisotopic (exact) mass is 244 g/mol. The maximum Gasteiger partial charge on any atom is 0.200 e. The van der Waals surface area contributed by atoms with Crippen LogP contribution in [0.3, 0.4) is 0 Å². The van der Waals surface area contributed by atoms with Crippen LogP contribution < -0.4 is 0 Å². The van der Waals surface area contributed by atoms with E-state index in [2.05, 4.69) is 41.5 Å². The standard InChI is InChI=1S/C13H28O2Si/c1-11(2)16(12(3)4,13(5)6)15-10-8-7-9-14/h9,11-13H,7-8,10H2,1-6H3. The molecule has 0 aliphatic heterocycles. The highest BCUT2D eigenvalue weighted by Crippen LogP contribution is 2.42. The molecule has 0 atom stereocenters. The maximum atomic E-state index is 10.3. The van der Waals surface area contributed by atoms with Gasteiger partial charge in [-0.05, 0) is 23.0 Å². The van der Waals surface area contributed by atoms with Gasteiger partial charge in [-0.2, -0.15) is 0 Å². The summed E-state index contributed by atoms with van der Waals surface area (Å²) in [6, 6.07) is 0. The Morgan fingerprint density at radius 1 is 1.00 bits per heavy atom. The molecular weight excluding hydrogens is 216 g/mol. The molecule has 0 radical (unpaired) electrons. The van der Waals surface area contributed by atoms with E-state index in [0.29, 0.717) is 23.0 Å². The van der Waals surface area contributed by atoms with Gasteiger partial charge in [0.05, 0.1) is 0 Å². The molecule has 0 aromatic rings. The van der Waals surface area contributed by atoms with Crippen molar-refractivity contribution in [3.8, 4) is 0 Å². The number of carbonyl (C=O) groups is 1. The van der Waals surface area contributed by atoms with Gasteiger partial charge in [0, 0.05) is 13.0 Å². The van der Waals surface area contributed by atoms with Crippen molar-refractivity contribution in [2.75, 3.05) is 6.61 Å². The summed E-state index contributed by atoms with van der Waals surface area (Å²) >= 11 is 0. The Hall–Kier alpha value is -0.153. The Morgan fingerprint density at radius 2 is 1.44 bits per heavy atom. The van der Waals surface area contributed by atoms with Crippen molar-refractivity contribution in [2.45, 2.75) is 71.0 Å². The second kappa shape index (κ2) is 7.23. The topological polar surface area (TPSA) is 26.3 Å². The summed E-state index contributed by atoms with van der Waals surface area (Å²) in [4.78, 5) is 10.3. The van der Waals surface area contributed by atoms with Crippen LogP contribution in [0.5, 0.6) is 0 Å². The molecule has 0 rings (SSSR count). The molecular formula is C13H28O2Si. The first-order chi connectivity index (χ1) is 7.39. The Balaban J connectivity index is 4.57. The zero-order valence-corrected chi connectivity index (χ0v) is 12.7. The number of unbranched alkanes of at least 4 members (excludes halogenated alkanes) is 1. The fourth-order valence-corrected chi connectivity index (χ4v) is 8.41. The smallest absolute Gasteiger partial charge is 0.200 e. The quantitative estimate of drug-likeness (QED) is 0.364. The minimum Gasteiger partial charge on any atom is -0.416 e. The fraction of sp³-hybridized carbons (Fsp3) is 0.923. The third-order valence-electron chi connectivity index (χ3n) is 3.53. The molecule has 0 aliphatic rings. The lowest BCUT2D eigenvalue weighted by Gasteiger charge is -2.42. The van der Waals surface area contributed by atoms with Gasteiger partial charge in [0.2, 0.25) is 0 Å². The number of hydrogen-bond acceptors (Lipinski definition) is 2. The molecule has 0 aromatic carbocycles. The van der Waals surface area contributed by atoms with Crippen LogP contribution >= 0.6 is 0 Å². The average Bonchev–Trinajstić information content (AvgIpc) is 2.16. The molecule has 0 aliphatic carbocycles. The Bertz CT molecular complexity index is 178. The summed E-state index contributed by atoms with van der Waals surface area (Å²) in [6.45, 7) is 14.5. The maximum absolute atomic E-state index is 10.3. The first kappa shape index (κ1) is 15.8. The molecule has 0 spiro atoms. The van der Waals surface area contributed by atoms with Gasteiger partial charge in [0.15, 0.2) is 8.32 Å². The van der Waals surface area contributed by atoms with E-state index in [0.717, 1.165) is 19.3 Å². The van der Waals surface area contributed by atoms with Crippen LogP contribution in [0.4, 0.5) is 0 Å². The molecule has 0 saturated carbocycles.